The number of benzene rings is 1. The molecule has 0 bridgehead atoms. The number of nitrogens with two attached hydrogens (primary N) is 1. The lowest BCUT2D eigenvalue weighted by Gasteiger charge is -2.09. The molecule has 0 unspecified atom stereocenters. The highest BCUT2D eigenvalue weighted by Gasteiger charge is 2.09. The quantitative estimate of drug-likeness (QED) is 0.795. The lowest BCUT2D eigenvalue weighted by molar-refractivity contribution is 0.730. The smallest absolute Gasteiger partial charge is 0.0646 e. The van der Waals surface area contributed by atoms with Crippen LogP contribution in [0.5, 0.6) is 0 Å². The van der Waals surface area contributed by atoms with E-state index in [0.29, 0.717) is 0 Å². The van der Waals surface area contributed by atoms with Crippen molar-refractivity contribution in [1.29, 1.82) is 0 Å². The maximum Gasteiger partial charge on any atom is 0.0646 e. The van der Waals surface area contributed by atoms with Gasteiger partial charge in [-0.25, -0.2) is 0 Å². The van der Waals surface area contributed by atoms with Crippen molar-refractivity contribution < 1.29 is 0 Å². The van der Waals surface area contributed by atoms with Gasteiger partial charge < -0.3 is 11.1 Å². The first kappa shape index (κ1) is 11.5. The molecule has 1 aromatic carbocycles. The second-order valence-corrected chi connectivity index (χ2v) is 4.21. The molecule has 0 spiro atoms. The largest absolute Gasteiger partial charge is 0.397 e. The molecule has 0 saturated carbocycles. The monoisotopic (exact) mass is 230 g/mol. The summed E-state index contributed by atoms with van der Waals surface area (Å²) in [6, 6.07) is 7.78. The van der Waals surface area contributed by atoms with E-state index in [1.54, 1.807) is 0 Å². The highest BCUT2D eigenvalue weighted by atomic mass is 15.3. The minimum Gasteiger partial charge on any atom is -0.397 e. The summed E-state index contributed by atoms with van der Waals surface area (Å²) in [6.45, 7) is 4.85. The third-order valence-corrected chi connectivity index (χ3v) is 3.08. The fourth-order valence-electron chi connectivity index (χ4n) is 1.91. The molecule has 0 aliphatic rings. The number of hydrogen-bond donors (Lipinski definition) is 2. The van der Waals surface area contributed by atoms with Crippen LogP contribution in [0.1, 0.15) is 17.0 Å². The molecule has 4 nitrogen and oxygen atoms in total. The SMILES string of the molecule is Cc1nn(C)c(C)c1CNc1ccccc1N. The van der Waals surface area contributed by atoms with Gasteiger partial charge in [-0.05, 0) is 26.0 Å². The zero-order valence-electron chi connectivity index (χ0n) is 10.5. The summed E-state index contributed by atoms with van der Waals surface area (Å²) in [7, 11) is 1.96. The van der Waals surface area contributed by atoms with Crippen LogP contribution < -0.4 is 11.1 Å². The Morgan fingerprint density at radius 3 is 2.59 bits per heavy atom. The predicted octanol–water partition coefficient (Wildman–Crippen LogP) is 2.23. The van der Waals surface area contributed by atoms with Crippen LogP contribution >= 0.6 is 0 Å². The van der Waals surface area contributed by atoms with Crippen LogP contribution in [-0.2, 0) is 13.6 Å². The normalized spacial score (nSPS) is 10.5. The number of aryl methyl sites for hydroxylation is 2. The first-order chi connectivity index (χ1) is 8.09. The number of anilines is 2. The van der Waals surface area contributed by atoms with E-state index in [2.05, 4.69) is 17.3 Å². The molecular formula is C13H18N4. The average molecular weight is 230 g/mol. The molecule has 90 valence electrons. The predicted molar refractivity (Wildman–Crippen MR) is 70.9 cm³/mol. The molecule has 0 atom stereocenters. The summed E-state index contributed by atoms with van der Waals surface area (Å²) in [6.07, 6.45) is 0. The van der Waals surface area contributed by atoms with Crippen LogP contribution in [0.15, 0.2) is 24.3 Å². The van der Waals surface area contributed by atoms with Gasteiger partial charge in [-0.2, -0.15) is 5.10 Å². The summed E-state index contributed by atoms with van der Waals surface area (Å²) < 4.78 is 1.90. The van der Waals surface area contributed by atoms with Gasteiger partial charge in [-0.15, -0.1) is 0 Å². The van der Waals surface area contributed by atoms with Crippen molar-refractivity contribution in [2.45, 2.75) is 20.4 Å². The molecule has 1 aromatic heterocycles. The zero-order valence-corrected chi connectivity index (χ0v) is 10.5. The first-order valence-electron chi connectivity index (χ1n) is 5.67. The van der Waals surface area contributed by atoms with Crippen LogP contribution in [-0.4, -0.2) is 9.78 Å². The summed E-state index contributed by atoms with van der Waals surface area (Å²) in [4.78, 5) is 0. The Labute approximate surface area is 101 Å². The van der Waals surface area contributed by atoms with Gasteiger partial charge in [-0.1, -0.05) is 12.1 Å². The Morgan fingerprint density at radius 1 is 1.29 bits per heavy atom. The van der Waals surface area contributed by atoms with E-state index >= 15 is 0 Å². The van der Waals surface area contributed by atoms with E-state index in [-0.39, 0.29) is 0 Å². The molecule has 0 aliphatic carbocycles. The van der Waals surface area contributed by atoms with Crippen LogP contribution in [0.2, 0.25) is 0 Å². The minimum absolute atomic E-state index is 0.750. The van der Waals surface area contributed by atoms with Crippen LogP contribution in [0.25, 0.3) is 0 Å². The minimum atomic E-state index is 0.750. The molecule has 2 aromatic rings. The number of nitrogens with zero attached hydrogens (tertiary/aromatic N) is 2. The maximum atomic E-state index is 5.88. The Hall–Kier alpha value is -1.97. The number of rotatable bonds is 3. The van der Waals surface area contributed by atoms with E-state index < -0.39 is 0 Å². The van der Waals surface area contributed by atoms with E-state index in [1.165, 1.54) is 11.3 Å². The van der Waals surface area contributed by atoms with Crippen LogP contribution in [0.4, 0.5) is 11.4 Å². The molecule has 0 amide bonds. The summed E-state index contributed by atoms with van der Waals surface area (Å²) in [5, 5.41) is 7.74. The van der Waals surface area contributed by atoms with Gasteiger partial charge in [0, 0.05) is 24.8 Å². The highest BCUT2D eigenvalue weighted by Crippen LogP contribution is 2.19. The van der Waals surface area contributed by atoms with E-state index in [4.69, 9.17) is 5.73 Å². The second-order valence-electron chi connectivity index (χ2n) is 4.21. The fraction of sp³-hybridized carbons (Fsp3) is 0.308. The number of para-hydroxylation sites is 2. The van der Waals surface area contributed by atoms with Gasteiger partial charge in [0.25, 0.3) is 0 Å². The maximum absolute atomic E-state index is 5.88. The molecule has 0 saturated heterocycles. The first-order valence-corrected chi connectivity index (χ1v) is 5.67. The van der Waals surface area contributed by atoms with E-state index in [9.17, 15) is 0 Å². The van der Waals surface area contributed by atoms with Crippen molar-refractivity contribution in [3.63, 3.8) is 0 Å². The number of hydrogen-bond acceptors (Lipinski definition) is 3. The molecule has 0 aliphatic heterocycles. The van der Waals surface area contributed by atoms with Crippen molar-refractivity contribution in [3.05, 3.63) is 41.2 Å². The summed E-state index contributed by atoms with van der Waals surface area (Å²) in [5.74, 6) is 0. The van der Waals surface area contributed by atoms with Crippen LogP contribution in [0.3, 0.4) is 0 Å². The van der Waals surface area contributed by atoms with E-state index in [1.807, 2.05) is 42.9 Å². The van der Waals surface area contributed by atoms with Crippen molar-refractivity contribution >= 4 is 11.4 Å². The Bertz CT molecular complexity index is 528. The Morgan fingerprint density at radius 2 is 2.00 bits per heavy atom. The molecule has 0 radical (unpaired) electrons. The summed E-state index contributed by atoms with van der Waals surface area (Å²) in [5.41, 5.74) is 11.1. The standard InChI is InChI=1S/C13H18N4/c1-9-11(10(2)17(3)16-9)8-15-13-7-5-4-6-12(13)14/h4-7,15H,8,14H2,1-3H3. The summed E-state index contributed by atoms with van der Waals surface area (Å²) >= 11 is 0. The van der Waals surface area contributed by atoms with Crippen LogP contribution in [0, 0.1) is 13.8 Å². The van der Waals surface area contributed by atoms with Crippen molar-refractivity contribution in [3.8, 4) is 0 Å². The molecule has 3 N–H and O–H groups in total. The van der Waals surface area contributed by atoms with E-state index in [0.717, 1.165) is 23.6 Å². The third kappa shape index (κ3) is 2.25. The van der Waals surface area contributed by atoms with Gasteiger partial charge in [0.2, 0.25) is 0 Å². The fourth-order valence-corrected chi connectivity index (χ4v) is 1.91. The molecule has 17 heavy (non-hydrogen) atoms. The van der Waals surface area contributed by atoms with Gasteiger partial charge >= 0.3 is 0 Å². The van der Waals surface area contributed by atoms with Gasteiger partial charge in [0.15, 0.2) is 0 Å². The zero-order chi connectivity index (χ0) is 12.4. The second kappa shape index (κ2) is 4.49. The Kier molecular flexibility index (Phi) is 3.04. The number of nitrogen functional groups attached to an aromatic ring is 1. The van der Waals surface area contributed by atoms with Gasteiger partial charge in [0.1, 0.15) is 0 Å². The van der Waals surface area contributed by atoms with Gasteiger partial charge in [-0.3, -0.25) is 4.68 Å². The molecule has 0 fully saturated rings. The van der Waals surface area contributed by atoms with Crippen molar-refractivity contribution in [1.82, 2.24) is 9.78 Å². The Balaban J connectivity index is 2.15. The lowest BCUT2D eigenvalue weighted by Crippen LogP contribution is -2.04. The molecular weight excluding hydrogens is 212 g/mol. The van der Waals surface area contributed by atoms with Gasteiger partial charge in [0.05, 0.1) is 17.1 Å². The number of aromatic nitrogens is 2. The average Bonchev–Trinajstić information content (AvgIpc) is 2.53. The molecule has 4 heteroatoms. The number of nitrogens with one attached hydrogen (secondary N) is 1. The highest BCUT2D eigenvalue weighted by molar-refractivity contribution is 5.65. The third-order valence-electron chi connectivity index (χ3n) is 3.08. The van der Waals surface area contributed by atoms with Crippen molar-refractivity contribution in [2.75, 3.05) is 11.1 Å². The topological polar surface area (TPSA) is 55.9 Å². The molecule has 1 heterocycles. The lowest BCUT2D eigenvalue weighted by atomic mass is 10.2. The molecule has 2 rings (SSSR count). The van der Waals surface area contributed by atoms with Crippen molar-refractivity contribution in [2.24, 2.45) is 7.05 Å².